The number of nitrogens with zero attached hydrogens (tertiary/aromatic N) is 1. The Balaban J connectivity index is 2.20. The first-order chi connectivity index (χ1) is 10.4. The number of hydrogen-bond donors (Lipinski definition) is 0. The standard InChI is InChI=1S/C15H14ClNO5/c1-17-9-5-4-7(16)6-8(9)15(14(17)20)10(12(18)21-2)11(15)13(19)22-3/h4-6,10-11H,1-3H3/t10-,11-/m0/s1. The van der Waals surface area contributed by atoms with E-state index in [-0.39, 0.29) is 5.91 Å². The summed E-state index contributed by atoms with van der Waals surface area (Å²) in [6, 6.07) is 4.98. The maximum absolute atomic E-state index is 12.8. The van der Waals surface area contributed by atoms with Crippen LogP contribution >= 0.6 is 11.6 Å². The number of fused-ring (bicyclic) bond motifs is 2. The molecule has 1 fully saturated rings. The number of ether oxygens (including phenoxy) is 2. The van der Waals surface area contributed by atoms with Gasteiger partial charge >= 0.3 is 11.9 Å². The second kappa shape index (κ2) is 4.71. The number of amides is 1. The molecule has 22 heavy (non-hydrogen) atoms. The van der Waals surface area contributed by atoms with E-state index in [0.717, 1.165) is 0 Å². The van der Waals surface area contributed by atoms with Gasteiger partial charge in [0.25, 0.3) is 0 Å². The summed E-state index contributed by atoms with van der Waals surface area (Å²) in [6.45, 7) is 0. The summed E-state index contributed by atoms with van der Waals surface area (Å²) >= 11 is 6.03. The molecule has 1 saturated carbocycles. The third-order valence-electron chi connectivity index (χ3n) is 4.54. The first-order valence-corrected chi connectivity index (χ1v) is 7.02. The van der Waals surface area contributed by atoms with Crippen LogP contribution in [-0.2, 0) is 29.3 Å². The summed E-state index contributed by atoms with van der Waals surface area (Å²) < 4.78 is 9.53. The molecule has 2 aliphatic rings. The van der Waals surface area contributed by atoms with Gasteiger partial charge in [-0.25, -0.2) is 0 Å². The fourth-order valence-electron chi connectivity index (χ4n) is 3.52. The molecule has 1 aliphatic heterocycles. The van der Waals surface area contributed by atoms with Crippen molar-refractivity contribution in [1.82, 2.24) is 0 Å². The van der Waals surface area contributed by atoms with Gasteiger partial charge in [0.05, 0.1) is 26.1 Å². The van der Waals surface area contributed by atoms with Crippen LogP contribution in [0.4, 0.5) is 5.69 Å². The highest BCUT2D eigenvalue weighted by atomic mass is 35.5. The fraction of sp³-hybridized carbons (Fsp3) is 0.400. The van der Waals surface area contributed by atoms with E-state index in [4.69, 9.17) is 21.1 Å². The number of anilines is 1. The molecule has 0 aromatic heterocycles. The van der Waals surface area contributed by atoms with Crippen LogP contribution in [0.5, 0.6) is 0 Å². The molecule has 0 N–H and O–H groups in total. The predicted molar refractivity (Wildman–Crippen MR) is 77.6 cm³/mol. The van der Waals surface area contributed by atoms with Crippen molar-refractivity contribution in [2.24, 2.45) is 11.8 Å². The smallest absolute Gasteiger partial charge is 0.311 e. The average Bonchev–Trinajstić information content (AvgIpc) is 3.17. The minimum absolute atomic E-state index is 0.324. The number of carbonyl (C=O) groups excluding carboxylic acids is 3. The molecule has 1 aliphatic carbocycles. The number of halogens is 1. The van der Waals surface area contributed by atoms with E-state index < -0.39 is 29.2 Å². The minimum Gasteiger partial charge on any atom is -0.469 e. The van der Waals surface area contributed by atoms with E-state index in [9.17, 15) is 14.4 Å². The Hall–Kier alpha value is -2.08. The highest BCUT2D eigenvalue weighted by molar-refractivity contribution is 6.31. The van der Waals surface area contributed by atoms with Crippen LogP contribution in [0.2, 0.25) is 5.02 Å². The first-order valence-electron chi connectivity index (χ1n) is 6.65. The molecule has 1 aromatic carbocycles. The Morgan fingerprint density at radius 1 is 1.18 bits per heavy atom. The number of likely N-dealkylation sites (N-methyl/N-ethyl adjacent to an activating group) is 1. The summed E-state index contributed by atoms with van der Waals surface area (Å²) in [7, 11) is 4.06. The van der Waals surface area contributed by atoms with Crippen molar-refractivity contribution < 1.29 is 23.9 Å². The van der Waals surface area contributed by atoms with Crippen LogP contribution in [0.15, 0.2) is 18.2 Å². The van der Waals surface area contributed by atoms with Gasteiger partial charge in [0.15, 0.2) is 0 Å². The minimum atomic E-state index is -1.27. The van der Waals surface area contributed by atoms with Crippen molar-refractivity contribution >= 4 is 35.1 Å². The topological polar surface area (TPSA) is 72.9 Å². The van der Waals surface area contributed by atoms with Crippen LogP contribution in [-0.4, -0.2) is 39.1 Å². The molecule has 1 amide bonds. The molecule has 0 radical (unpaired) electrons. The molecule has 1 heterocycles. The Kier molecular flexibility index (Phi) is 3.18. The Morgan fingerprint density at radius 3 is 2.23 bits per heavy atom. The first kappa shape index (κ1) is 14.8. The lowest BCUT2D eigenvalue weighted by atomic mass is 9.93. The van der Waals surface area contributed by atoms with Gasteiger partial charge in [-0.05, 0) is 23.8 Å². The second-order valence-corrected chi connectivity index (χ2v) is 5.83. The Morgan fingerprint density at radius 2 is 1.73 bits per heavy atom. The largest absolute Gasteiger partial charge is 0.469 e. The number of benzene rings is 1. The van der Waals surface area contributed by atoms with E-state index in [1.54, 1.807) is 25.2 Å². The number of rotatable bonds is 2. The molecule has 6 nitrogen and oxygen atoms in total. The van der Waals surface area contributed by atoms with Gasteiger partial charge in [0, 0.05) is 17.8 Å². The van der Waals surface area contributed by atoms with Gasteiger partial charge in [-0.2, -0.15) is 0 Å². The maximum Gasteiger partial charge on any atom is 0.311 e. The molecule has 0 bridgehead atoms. The third kappa shape index (κ3) is 1.58. The van der Waals surface area contributed by atoms with Crippen molar-refractivity contribution in [2.45, 2.75) is 5.41 Å². The maximum atomic E-state index is 12.8. The molecule has 0 saturated heterocycles. The lowest BCUT2D eigenvalue weighted by molar-refractivity contribution is -0.148. The van der Waals surface area contributed by atoms with Crippen LogP contribution in [0, 0.1) is 11.8 Å². The van der Waals surface area contributed by atoms with E-state index in [2.05, 4.69) is 0 Å². The molecule has 0 unspecified atom stereocenters. The van der Waals surface area contributed by atoms with Gasteiger partial charge in [-0.3, -0.25) is 14.4 Å². The molecule has 1 aromatic rings. The fourth-order valence-corrected chi connectivity index (χ4v) is 3.69. The number of carbonyl (C=O) groups is 3. The molecule has 7 heteroatoms. The van der Waals surface area contributed by atoms with Gasteiger partial charge in [-0.15, -0.1) is 0 Å². The van der Waals surface area contributed by atoms with E-state index in [0.29, 0.717) is 16.3 Å². The van der Waals surface area contributed by atoms with E-state index in [1.807, 2.05) is 0 Å². The normalized spacial score (nSPS) is 28.5. The number of hydrogen-bond acceptors (Lipinski definition) is 5. The predicted octanol–water partition coefficient (Wildman–Crippen LogP) is 1.15. The SMILES string of the molecule is COC(=O)[C@@H]1[C@@H](C(=O)OC)C12C(=O)N(C)c1ccc(Cl)cc12. The van der Waals surface area contributed by atoms with E-state index in [1.165, 1.54) is 19.1 Å². The van der Waals surface area contributed by atoms with Gasteiger partial charge in [-0.1, -0.05) is 11.6 Å². The zero-order chi connectivity index (χ0) is 16.2. The second-order valence-electron chi connectivity index (χ2n) is 5.40. The lowest BCUT2D eigenvalue weighted by Crippen LogP contribution is -2.32. The zero-order valence-corrected chi connectivity index (χ0v) is 13.0. The summed E-state index contributed by atoms with van der Waals surface area (Å²) in [6.07, 6.45) is 0. The molecule has 3 rings (SSSR count). The lowest BCUT2D eigenvalue weighted by Gasteiger charge is -2.11. The third-order valence-corrected chi connectivity index (χ3v) is 4.77. The van der Waals surface area contributed by atoms with Crippen molar-refractivity contribution in [3.05, 3.63) is 28.8 Å². The van der Waals surface area contributed by atoms with E-state index >= 15 is 0 Å². The van der Waals surface area contributed by atoms with Crippen molar-refractivity contribution in [2.75, 3.05) is 26.2 Å². The van der Waals surface area contributed by atoms with Gasteiger partial charge < -0.3 is 14.4 Å². The van der Waals surface area contributed by atoms with Crippen LogP contribution in [0.25, 0.3) is 0 Å². The monoisotopic (exact) mass is 323 g/mol. The summed E-state index contributed by atoms with van der Waals surface area (Å²) in [4.78, 5) is 38.4. The van der Waals surface area contributed by atoms with Gasteiger partial charge in [0.1, 0.15) is 5.41 Å². The molecular weight excluding hydrogens is 310 g/mol. The van der Waals surface area contributed by atoms with Crippen LogP contribution < -0.4 is 4.90 Å². The highest BCUT2D eigenvalue weighted by Gasteiger charge is 2.81. The molecule has 1 spiro atoms. The highest BCUT2D eigenvalue weighted by Crippen LogP contribution is 2.66. The summed E-state index contributed by atoms with van der Waals surface area (Å²) in [5.74, 6) is -3.32. The van der Waals surface area contributed by atoms with Crippen molar-refractivity contribution in [3.63, 3.8) is 0 Å². The number of esters is 2. The quantitative estimate of drug-likeness (QED) is 0.763. The Bertz CT molecular complexity index is 679. The van der Waals surface area contributed by atoms with Crippen LogP contribution in [0.1, 0.15) is 5.56 Å². The molecule has 2 atom stereocenters. The molecular formula is C15H14ClNO5. The summed E-state index contributed by atoms with van der Waals surface area (Å²) in [5.41, 5.74) is -0.0668. The van der Waals surface area contributed by atoms with Crippen molar-refractivity contribution in [3.8, 4) is 0 Å². The summed E-state index contributed by atoms with van der Waals surface area (Å²) in [5, 5.41) is 0.431. The average molecular weight is 324 g/mol. The molecule has 116 valence electrons. The van der Waals surface area contributed by atoms with Crippen molar-refractivity contribution in [1.29, 1.82) is 0 Å². The van der Waals surface area contributed by atoms with Gasteiger partial charge in [0.2, 0.25) is 5.91 Å². The number of methoxy groups -OCH3 is 2. The Labute approximate surface area is 131 Å². The zero-order valence-electron chi connectivity index (χ0n) is 12.3. The van der Waals surface area contributed by atoms with Crippen LogP contribution in [0.3, 0.4) is 0 Å².